The van der Waals surface area contributed by atoms with Gasteiger partial charge in [0.05, 0.1) is 18.2 Å². The van der Waals surface area contributed by atoms with E-state index in [-0.39, 0.29) is 22.3 Å². The van der Waals surface area contributed by atoms with Crippen LogP contribution in [0.4, 0.5) is 11.4 Å². The zero-order chi connectivity index (χ0) is 26.7. The molecule has 0 aliphatic heterocycles. The van der Waals surface area contributed by atoms with Crippen LogP contribution in [-0.2, 0) is 0 Å². The highest BCUT2D eigenvalue weighted by atomic mass is 16.5. The van der Waals surface area contributed by atoms with Crippen molar-refractivity contribution in [1.29, 1.82) is 0 Å². The van der Waals surface area contributed by atoms with Gasteiger partial charge in [-0.2, -0.15) is 0 Å². The molecular formula is C30H30N2O5. The predicted octanol–water partition coefficient (Wildman–Crippen LogP) is 5.18. The molecule has 3 aromatic carbocycles. The average Bonchev–Trinajstić information content (AvgIpc) is 2.92. The van der Waals surface area contributed by atoms with E-state index in [2.05, 4.69) is 4.90 Å². The van der Waals surface area contributed by atoms with Crippen LogP contribution in [-0.4, -0.2) is 45.9 Å². The van der Waals surface area contributed by atoms with Gasteiger partial charge in [0.1, 0.15) is 16.9 Å². The molecule has 0 radical (unpaired) electrons. The Morgan fingerprint density at radius 1 is 0.838 bits per heavy atom. The number of ether oxygens (including phenoxy) is 1. The summed E-state index contributed by atoms with van der Waals surface area (Å²) in [7, 11) is 5.26. The summed E-state index contributed by atoms with van der Waals surface area (Å²) >= 11 is 0. The third-order valence-electron chi connectivity index (χ3n) is 6.47. The Labute approximate surface area is 215 Å². The molecule has 0 amide bonds. The van der Waals surface area contributed by atoms with E-state index in [0.29, 0.717) is 16.7 Å². The number of rotatable bonds is 9. The molecule has 1 aromatic heterocycles. The minimum absolute atomic E-state index is 0.0193. The molecule has 0 fully saturated rings. The predicted molar refractivity (Wildman–Crippen MR) is 147 cm³/mol. The summed E-state index contributed by atoms with van der Waals surface area (Å²) in [4.78, 5) is 45.1. The highest BCUT2D eigenvalue weighted by Crippen LogP contribution is 2.30. The maximum absolute atomic E-state index is 13.9. The van der Waals surface area contributed by atoms with Gasteiger partial charge < -0.3 is 19.0 Å². The van der Waals surface area contributed by atoms with E-state index in [0.717, 1.165) is 24.5 Å². The second-order valence-electron chi connectivity index (χ2n) is 8.79. The molecule has 4 aromatic rings. The van der Waals surface area contributed by atoms with Crippen LogP contribution in [0.5, 0.6) is 5.75 Å². The van der Waals surface area contributed by atoms with Crippen molar-refractivity contribution < 1.29 is 18.7 Å². The zero-order valence-electron chi connectivity index (χ0n) is 21.7. The Morgan fingerprint density at radius 3 is 2.11 bits per heavy atom. The van der Waals surface area contributed by atoms with Crippen molar-refractivity contribution >= 4 is 33.9 Å². The third kappa shape index (κ3) is 4.85. The normalized spacial score (nSPS) is 10.8. The fraction of sp³-hybridized carbons (Fsp3) is 0.233. The zero-order valence-corrected chi connectivity index (χ0v) is 21.7. The topological polar surface area (TPSA) is 80.1 Å². The summed E-state index contributed by atoms with van der Waals surface area (Å²) in [5, 5.41) is 0.399. The molecule has 0 spiro atoms. The summed E-state index contributed by atoms with van der Waals surface area (Å²) in [6.07, 6.45) is 0. The van der Waals surface area contributed by atoms with E-state index in [9.17, 15) is 14.4 Å². The number of methoxy groups -OCH3 is 1. The minimum atomic E-state index is -0.867. The lowest BCUT2D eigenvalue weighted by Crippen LogP contribution is -2.23. The second-order valence-corrected chi connectivity index (χ2v) is 8.79. The lowest BCUT2D eigenvalue weighted by atomic mass is 9.91. The van der Waals surface area contributed by atoms with Crippen molar-refractivity contribution in [3.05, 3.63) is 99.4 Å². The molecule has 0 aliphatic rings. The third-order valence-corrected chi connectivity index (χ3v) is 6.47. The Kier molecular flexibility index (Phi) is 7.43. The number of nitrogens with zero attached hydrogens (tertiary/aromatic N) is 2. The SMILES string of the molecule is CCN(CC)c1ccc2c(C(=O)c3ccc(N(C)C)cc3)c(C(=O)c3ccccc3OC)c(=O)oc2c1. The van der Waals surface area contributed by atoms with Gasteiger partial charge in [-0.25, -0.2) is 4.79 Å². The number of carbonyl (C=O) groups excluding carboxylic acids is 2. The molecule has 7 nitrogen and oxygen atoms in total. The molecule has 0 saturated carbocycles. The number of ketones is 2. The van der Waals surface area contributed by atoms with E-state index >= 15 is 0 Å². The summed E-state index contributed by atoms with van der Waals surface area (Å²) in [5.74, 6) is -0.760. The lowest BCUT2D eigenvalue weighted by molar-refractivity contribution is 0.0999. The number of hydrogen-bond donors (Lipinski definition) is 0. The molecule has 4 rings (SSSR count). The van der Waals surface area contributed by atoms with Crippen molar-refractivity contribution in [2.45, 2.75) is 13.8 Å². The average molecular weight is 499 g/mol. The molecule has 0 unspecified atom stereocenters. The first-order chi connectivity index (χ1) is 17.8. The molecule has 0 bridgehead atoms. The molecule has 37 heavy (non-hydrogen) atoms. The van der Waals surface area contributed by atoms with Gasteiger partial charge in [-0.3, -0.25) is 9.59 Å². The number of hydrogen-bond acceptors (Lipinski definition) is 7. The minimum Gasteiger partial charge on any atom is -0.496 e. The smallest absolute Gasteiger partial charge is 0.348 e. The monoisotopic (exact) mass is 498 g/mol. The van der Waals surface area contributed by atoms with Crippen molar-refractivity contribution in [2.24, 2.45) is 0 Å². The number of para-hydroxylation sites is 1. The number of carbonyl (C=O) groups is 2. The Hall–Kier alpha value is -4.39. The van der Waals surface area contributed by atoms with Crippen molar-refractivity contribution in [3.8, 4) is 5.75 Å². The quantitative estimate of drug-likeness (QED) is 0.232. The van der Waals surface area contributed by atoms with Crippen LogP contribution in [0.25, 0.3) is 11.0 Å². The molecule has 0 aliphatic carbocycles. The van der Waals surface area contributed by atoms with Gasteiger partial charge in [0.25, 0.3) is 0 Å². The fourth-order valence-electron chi connectivity index (χ4n) is 4.44. The molecule has 0 atom stereocenters. The summed E-state index contributed by atoms with van der Waals surface area (Å²) in [5.41, 5.74) is 1.40. The second kappa shape index (κ2) is 10.7. The van der Waals surface area contributed by atoms with Crippen molar-refractivity contribution in [1.82, 2.24) is 0 Å². The standard InChI is InChI=1S/C30H30N2O5/c1-6-32(7-2)21-16-17-22-25(18-21)37-30(35)27(29(34)23-10-8-9-11-24(23)36-5)26(22)28(33)19-12-14-20(15-13-19)31(3)4/h8-18H,6-7H2,1-5H3. The molecule has 7 heteroatoms. The van der Waals surface area contributed by atoms with Crippen LogP contribution in [0.1, 0.15) is 45.7 Å². The highest BCUT2D eigenvalue weighted by molar-refractivity contribution is 6.24. The van der Waals surface area contributed by atoms with Crippen molar-refractivity contribution in [2.75, 3.05) is 44.1 Å². The molecule has 1 heterocycles. The number of fused-ring (bicyclic) bond motifs is 1. The lowest BCUT2D eigenvalue weighted by Gasteiger charge is -2.21. The highest BCUT2D eigenvalue weighted by Gasteiger charge is 2.29. The first-order valence-corrected chi connectivity index (χ1v) is 12.2. The molecule has 190 valence electrons. The van der Waals surface area contributed by atoms with E-state index in [4.69, 9.17) is 9.15 Å². The number of anilines is 2. The first kappa shape index (κ1) is 25.7. The van der Waals surface area contributed by atoms with Crippen LogP contribution >= 0.6 is 0 Å². The van der Waals surface area contributed by atoms with Crippen LogP contribution in [0.2, 0.25) is 0 Å². The van der Waals surface area contributed by atoms with Gasteiger partial charge in [-0.05, 0) is 62.4 Å². The van der Waals surface area contributed by atoms with Crippen molar-refractivity contribution in [3.63, 3.8) is 0 Å². The summed E-state index contributed by atoms with van der Waals surface area (Å²) in [6.45, 7) is 5.59. The van der Waals surface area contributed by atoms with E-state index < -0.39 is 17.2 Å². The molecular weight excluding hydrogens is 468 g/mol. The van der Waals surface area contributed by atoms with Gasteiger partial charge in [0.15, 0.2) is 5.78 Å². The maximum Gasteiger partial charge on any atom is 0.348 e. The van der Waals surface area contributed by atoms with Crippen LogP contribution < -0.4 is 20.2 Å². The fourth-order valence-corrected chi connectivity index (χ4v) is 4.44. The van der Waals surface area contributed by atoms with Gasteiger partial charge in [0.2, 0.25) is 5.78 Å². The van der Waals surface area contributed by atoms with Gasteiger partial charge in [-0.1, -0.05) is 12.1 Å². The Balaban J connectivity index is 1.99. The summed E-state index contributed by atoms with van der Waals surface area (Å²) < 4.78 is 11.0. The van der Waals surface area contributed by atoms with E-state index in [1.54, 1.807) is 48.5 Å². The first-order valence-electron chi connectivity index (χ1n) is 12.2. The Bertz CT molecular complexity index is 1520. The van der Waals surface area contributed by atoms with Gasteiger partial charge in [0, 0.05) is 55.6 Å². The van der Waals surface area contributed by atoms with Crippen LogP contribution in [0.15, 0.2) is 75.9 Å². The molecule has 0 N–H and O–H groups in total. The van der Waals surface area contributed by atoms with Gasteiger partial charge in [-0.15, -0.1) is 0 Å². The van der Waals surface area contributed by atoms with E-state index in [1.165, 1.54) is 7.11 Å². The van der Waals surface area contributed by atoms with E-state index in [1.807, 2.05) is 51.0 Å². The van der Waals surface area contributed by atoms with Crippen LogP contribution in [0, 0.1) is 0 Å². The summed E-state index contributed by atoms with van der Waals surface area (Å²) in [6, 6.07) is 19.0. The van der Waals surface area contributed by atoms with Gasteiger partial charge >= 0.3 is 5.63 Å². The Morgan fingerprint density at radius 2 is 1.49 bits per heavy atom. The largest absolute Gasteiger partial charge is 0.496 e. The maximum atomic E-state index is 13.9. The van der Waals surface area contributed by atoms with Crippen LogP contribution in [0.3, 0.4) is 0 Å². The number of benzene rings is 3. The molecule has 0 saturated heterocycles.